The van der Waals surface area contributed by atoms with Gasteiger partial charge in [0.25, 0.3) is 0 Å². The van der Waals surface area contributed by atoms with E-state index in [4.69, 9.17) is 4.74 Å². The number of hydrogen-bond donors (Lipinski definition) is 2. The van der Waals surface area contributed by atoms with Gasteiger partial charge in [-0.25, -0.2) is 4.98 Å². The van der Waals surface area contributed by atoms with Gasteiger partial charge in [0.05, 0.1) is 19.8 Å². The Morgan fingerprint density at radius 3 is 2.50 bits per heavy atom. The van der Waals surface area contributed by atoms with Crippen LogP contribution in [0.2, 0.25) is 0 Å². The first-order chi connectivity index (χ1) is 15.6. The first kappa shape index (κ1) is 23.1. The maximum atomic E-state index is 12.8. The van der Waals surface area contributed by atoms with Crippen LogP contribution in [0.4, 0.5) is 5.82 Å². The molecule has 2 saturated heterocycles. The number of nitrogens with zero attached hydrogens (tertiary/aromatic N) is 3. The van der Waals surface area contributed by atoms with Gasteiger partial charge >= 0.3 is 0 Å². The van der Waals surface area contributed by atoms with E-state index in [0.29, 0.717) is 12.4 Å². The number of pyridine rings is 1. The van der Waals surface area contributed by atoms with Gasteiger partial charge in [-0.3, -0.25) is 19.4 Å². The maximum Gasteiger partial charge on any atom is 0.234 e. The molecule has 1 aromatic rings. The Bertz CT molecular complexity index is 739. The van der Waals surface area contributed by atoms with Crippen LogP contribution < -0.4 is 10.6 Å². The fourth-order valence-electron chi connectivity index (χ4n) is 5.39. The summed E-state index contributed by atoms with van der Waals surface area (Å²) in [4.78, 5) is 34.1. The standard InChI is InChI=1S/C24H37N5O3/c30-22(26-19-24(9-3-1-4-10-24)29-14-16-32-17-15-29)18-28-12-7-20(8-13-28)23(31)27-21-6-2-5-11-25-21/h2,5-6,11,20H,1,3-4,7-10,12-19H2,(H,26,30)(H,25,27,31). The third kappa shape index (κ3) is 6.05. The first-order valence-electron chi connectivity index (χ1n) is 12.2. The van der Waals surface area contributed by atoms with Gasteiger partial charge in [-0.1, -0.05) is 25.3 Å². The van der Waals surface area contributed by atoms with E-state index in [9.17, 15) is 9.59 Å². The van der Waals surface area contributed by atoms with Crippen LogP contribution in [0.1, 0.15) is 44.9 Å². The third-order valence-corrected chi connectivity index (χ3v) is 7.32. The Balaban J connectivity index is 1.21. The van der Waals surface area contributed by atoms with E-state index in [-0.39, 0.29) is 23.3 Å². The summed E-state index contributed by atoms with van der Waals surface area (Å²) in [6.45, 7) is 6.18. The fraction of sp³-hybridized carbons (Fsp3) is 0.708. The molecule has 3 heterocycles. The van der Waals surface area contributed by atoms with Crippen molar-refractivity contribution in [1.29, 1.82) is 0 Å². The number of rotatable bonds is 7. The highest BCUT2D eigenvalue weighted by atomic mass is 16.5. The Kier molecular flexibility index (Phi) is 8.10. The van der Waals surface area contributed by atoms with Gasteiger partial charge in [0.15, 0.2) is 0 Å². The number of amides is 2. The molecule has 2 N–H and O–H groups in total. The van der Waals surface area contributed by atoms with Crippen LogP contribution in [0.5, 0.6) is 0 Å². The number of morpholine rings is 1. The average Bonchev–Trinajstić information content (AvgIpc) is 2.85. The minimum Gasteiger partial charge on any atom is -0.379 e. The number of hydrogen-bond acceptors (Lipinski definition) is 6. The fourth-order valence-corrected chi connectivity index (χ4v) is 5.39. The molecule has 2 aliphatic heterocycles. The summed E-state index contributed by atoms with van der Waals surface area (Å²) in [6, 6.07) is 5.49. The van der Waals surface area contributed by atoms with Crippen molar-refractivity contribution in [3.63, 3.8) is 0 Å². The first-order valence-corrected chi connectivity index (χ1v) is 12.2. The summed E-state index contributed by atoms with van der Waals surface area (Å²) in [7, 11) is 0. The number of likely N-dealkylation sites (tertiary alicyclic amines) is 1. The molecule has 4 rings (SSSR count). The molecular weight excluding hydrogens is 406 g/mol. The smallest absolute Gasteiger partial charge is 0.234 e. The van der Waals surface area contributed by atoms with Crippen LogP contribution in [-0.4, -0.2) is 84.6 Å². The van der Waals surface area contributed by atoms with E-state index < -0.39 is 0 Å². The van der Waals surface area contributed by atoms with Gasteiger partial charge in [-0.15, -0.1) is 0 Å². The molecule has 2 amide bonds. The monoisotopic (exact) mass is 443 g/mol. The normalized spacial score (nSPS) is 22.9. The highest BCUT2D eigenvalue weighted by Gasteiger charge is 2.39. The Morgan fingerprint density at radius 1 is 1.06 bits per heavy atom. The molecule has 0 radical (unpaired) electrons. The van der Waals surface area contributed by atoms with E-state index in [2.05, 4.69) is 25.4 Å². The van der Waals surface area contributed by atoms with E-state index in [1.54, 1.807) is 12.3 Å². The largest absolute Gasteiger partial charge is 0.379 e. The van der Waals surface area contributed by atoms with Crippen molar-refractivity contribution in [1.82, 2.24) is 20.1 Å². The molecule has 1 aliphatic carbocycles. The van der Waals surface area contributed by atoms with Gasteiger partial charge in [0.1, 0.15) is 5.82 Å². The van der Waals surface area contributed by atoms with Crippen LogP contribution in [0.15, 0.2) is 24.4 Å². The molecule has 0 atom stereocenters. The summed E-state index contributed by atoms with van der Waals surface area (Å²) < 4.78 is 5.55. The molecule has 8 nitrogen and oxygen atoms in total. The van der Waals surface area contributed by atoms with E-state index >= 15 is 0 Å². The van der Waals surface area contributed by atoms with Crippen molar-refractivity contribution in [3.8, 4) is 0 Å². The SMILES string of the molecule is O=C(CN1CCC(C(=O)Nc2ccccn2)CC1)NCC1(N2CCOCC2)CCCCC1. The summed E-state index contributed by atoms with van der Waals surface area (Å²) in [6.07, 6.45) is 9.29. The van der Waals surface area contributed by atoms with Crippen molar-refractivity contribution >= 4 is 17.6 Å². The molecule has 3 aliphatic rings. The van der Waals surface area contributed by atoms with Crippen LogP contribution in [0.3, 0.4) is 0 Å². The van der Waals surface area contributed by atoms with Gasteiger partial charge in [-0.05, 0) is 50.9 Å². The molecule has 1 saturated carbocycles. The summed E-state index contributed by atoms with van der Waals surface area (Å²) in [5.41, 5.74) is 0.0915. The Labute approximate surface area is 191 Å². The summed E-state index contributed by atoms with van der Waals surface area (Å²) >= 11 is 0. The molecule has 32 heavy (non-hydrogen) atoms. The number of ether oxygens (including phenoxy) is 1. The summed E-state index contributed by atoms with van der Waals surface area (Å²) in [5.74, 6) is 0.691. The minimum absolute atomic E-state index is 0.0249. The molecule has 0 spiro atoms. The lowest BCUT2D eigenvalue weighted by molar-refractivity contribution is -0.124. The molecule has 8 heteroatoms. The number of aromatic nitrogens is 1. The van der Waals surface area contributed by atoms with Crippen molar-refractivity contribution in [2.75, 3.05) is 57.8 Å². The number of nitrogens with one attached hydrogen (secondary N) is 2. The second kappa shape index (κ2) is 11.2. The highest BCUT2D eigenvalue weighted by Crippen LogP contribution is 2.33. The zero-order valence-electron chi connectivity index (χ0n) is 19.1. The third-order valence-electron chi connectivity index (χ3n) is 7.32. The van der Waals surface area contributed by atoms with E-state index in [1.165, 1.54) is 19.3 Å². The lowest BCUT2D eigenvalue weighted by Gasteiger charge is -2.48. The van der Waals surface area contributed by atoms with Gasteiger partial charge < -0.3 is 15.4 Å². The second-order valence-corrected chi connectivity index (χ2v) is 9.42. The molecule has 0 bridgehead atoms. The van der Waals surface area contributed by atoms with E-state index in [0.717, 1.165) is 71.6 Å². The molecule has 0 unspecified atom stereocenters. The lowest BCUT2D eigenvalue weighted by atomic mass is 9.79. The summed E-state index contributed by atoms with van der Waals surface area (Å²) in [5, 5.41) is 6.15. The molecule has 3 fully saturated rings. The number of piperidine rings is 1. The van der Waals surface area contributed by atoms with Crippen LogP contribution in [0, 0.1) is 5.92 Å². The molecule has 176 valence electrons. The number of anilines is 1. The quantitative estimate of drug-likeness (QED) is 0.669. The van der Waals surface area contributed by atoms with Gasteiger partial charge in [0, 0.05) is 37.3 Å². The van der Waals surface area contributed by atoms with Crippen LogP contribution >= 0.6 is 0 Å². The predicted octanol–water partition coefficient (Wildman–Crippen LogP) is 1.88. The zero-order valence-corrected chi connectivity index (χ0v) is 19.1. The van der Waals surface area contributed by atoms with E-state index in [1.807, 2.05) is 12.1 Å². The van der Waals surface area contributed by atoms with Crippen molar-refractivity contribution in [2.24, 2.45) is 5.92 Å². The predicted molar refractivity (Wildman–Crippen MR) is 123 cm³/mol. The Hall–Kier alpha value is -2.03. The maximum absolute atomic E-state index is 12.8. The van der Waals surface area contributed by atoms with Crippen LogP contribution in [-0.2, 0) is 14.3 Å². The molecule has 0 aromatic carbocycles. The number of carbonyl (C=O) groups is 2. The minimum atomic E-state index is -0.0249. The highest BCUT2D eigenvalue weighted by molar-refractivity contribution is 5.91. The topological polar surface area (TPSA) is 86.8 Å². The van der Waals surface area contributed by atoms with Crippen molar-refractivity contribution < 1.29 is 14.3 Å². The molecule has 1 aromatic heterocycles. The number of carbonyl (C=O) groups excluding carboxylic acids is 2. The zero-order chi connectivity index (χ0) is 22.2. The van der Waals surface area contributed by atoms with Crippen molar-refractivity contribution in [3.05, 3.63) is 24.4 Å². The average molecular weight is 444 g/mol. The van der Waals surface area contributed by atoms with Crippen molar-refractivity contribution in [2.45, 2.75) is 50.5 Å². The Morgan fingerprint density at radius 2 is 1.81 bits per heavy atom. The lowest BCUT2D eigenvalue weighted by Crippen LogP contribution is -2.60. The molecular formula is C24H37N5O3. The van der Waals surface area contributed by atoms with Gasteiger partial charge in [-0.2, -0.15) is 0 Å². The van der Waals surface area contributed by atoms with Gasteiger partial charge in [0.2, 0.25) is 11.8 Å². The van der Waals surface area contributed by atoms with Crippen LogP contribution in [0.25, 0.3) is 0 Å². The second-order valence-electron chi connectivity index (χ2n) is 9.42.